The summed E-state index contributed by atoms with van der Waals surface area (Å²) >= 11 is 0. The fourth-order valence-corrected chi connectivity index (χ4v) is 1.18. The summed E-state index contributed by atoms with van der Waals surface area (Å²) in [5.74, 6) is 0. The summed E-state index contributed by atoms with van der Waals surface area (Å²) in [6.07, 6.45) is -5.08. The predicted octanol–water partition coefficient (Wildman–Crippen LogP) is 1.97. The van der Waals surface area contributed by atoms with Gasteiger partial charge in [-0.2, -0.15) is 13.2 Å². The zero-order valence-corrected chi connectivity index (χ0v) is 9.77. The molecule has 1 N–H and O–H groups in total. The summed E-state index contributed by atoms with van der Waals surface area (Å²) < 4.78 is 45.7. The lowest BCUT2D eigenvalue weighted by Gasteiger charge is -2.17. The van der Waals surface area contributed by atoms with Crippen LogP contribution in [0.5, 0.6) is 0 Å². The summed E-state index contributed by atoms with van der Waals surface area (Å²) in [5.41, 5.74) is 0. The Balaban J connectivity index is 3.59. The van der Waals surface area contributed by atoms with E-state index in [0.29, 0.717) is 13.2 Å². The average Bonchev–Trinajstić information content (AvgIpc) is 2.19. The van der Waals surface area contributed by atoms with Crippen LogP contribution in [-0.2, 0) is 9.47 Å². The molecule has 0 saturated carbocycles. The molecule has 1 atom stereocenters. The van der Waals surface area contributed by atoms with Crippen molar-refractivity contribution in [3.63, 3.8) is 0 Å². The van der Waals surface area contributed by atoms with Crippen LogP contribution in [0.4, 0.5) is 13.2 Å². The van der Waals surface area contributed by atoms with Gasteiger partial charge in [-0.15, -0.1) is 0 Å². The molecule has 0 heterocycles. The van der Waals surface area contributed by atoms with Gasteiger partial charge in [0.15, 0.2) is 0 Å². The van der Waals surface area contributed by atoms with E-state index in [0.717, 1.165) is 6.54 Å². The second-order valence-corrected chi connectivity index (χ2v) is 3.47. The highest BCUT2D eigenvalue weighted by molar-refractivity contribution is 4.60. The van der Waals surface area contributed by atoms with Crippen LogP contribution >= 0.6 is 0 Å². The normalized spacial score (nSPS) is 14.1. The number of nitrogens with one attached hydrogen (secondary N) is 1. The Morgan fingerprint density at radius 1 is 1.31 bits per heavy atom. The van der Waals surface area contributed by atoms with Crippen molar-refractivity contribution in [2.45, 2.75) is 32.0 Å². The number of hydrogen-bond acceptors (Lipinski definition) is 3. The van der Waals surface area contributed by atoms with Crippen molar-refractivity contribution in [1.82, 2.24) is 5.32 Å². The van der Waals surface area contributed by atoms with Crippen LogP contribution in [0.2, 0.25) is 0 Å². The number of halogens is 3. The molecule has 0 spiro atoms. The van der Waals surface area contributed by atoms with Crippen molar-refractivity contribution < 1.29 is 22.6 Å². The van der Waals surface area contributed by atoms with Crippen molar-refractivity contribution in [3.8, 4) is 0 Å². The maximum absolute atomic E-state index is 11.8. The van der Waals surface area contributed by atoms with E-state index in [-0.39, 0.29) is 19.1 Å². The highest BCUT2D eigenvalue weighted by Gasteiger charge is 2.26. The summed E-state index contributed by atoms with van der Waals surface area (Å²) in [7, 11) is 1.54. The van der Waals surface area contributed by atoms with E-state index >= 15 is 0 Å². The fraction of sp³-hybridized carbons (Fsp3) is 1.00. The summed E-state index contributed by atoms with van der Waals surface area (Å²) in [6, 6.07) is 0. The quantitative estimate of drug-likeness (QED) is 0.628. The third kappa shape index (κ3) is 10.2. The third-order valence-corrected chi connectivity index (χ3v) is 1.93. The summed E-state index contributed by atoms with van der Waals surface area (Å²) in [5, 5.41) is 3.06. The molecule has 16 heavy (non-hydrogen) atoms. The van der Waals surface area contributed by atoms with Gasteiger partial charge in [0, 0.05) is 26.7 Å². The van der Waals surface area contributed by atoms with Crippen LogP contribution in [0.15, 0.2) is 0 Å². The molecule has 0 aliphatic carbocycles. The number of ether oxygens (including phenoxy) is 2. The topological polar surface area (TPSA) is 30.5 Å². The van der Waals surface area contributed by atoms with Crippen LogP contribution in [0.1, 0.15) is 19.8 Å². The molecule has 98 valence electrons. The lowest BCUT2D eigenvalue weighted by molar-refractivity contribution is -0.139. The van der Waals surface area contributed by atoms with E-state index in [4.69, 9.17) is 9.47 Å². The van der Waals surface area contributed by atoms with Crippen molar-refractivity contribution in [2.24, 2.45) is 0 Å². The van der Waals surface area contributed by atoms with Crippen molar-refractivity contribution in [2.75, 3.05) is 33.4 Å². The first-order valence-electron chi connectivity index (χ1n) is 5.37. The molecule has 0 aliphatic heterocycles. The fourth-order valence-electron chi connectivity index (χ4n) is 1.18. The zero-order chi connectivity index (χ0) is 12.4. The van der Waals surface area contributed by atoms with Crippen molar-refractivity contribution >= 4 is 0 Å². The number of rotatable bonds is 9. The molecule has 6 heteroatoms. The zero-order valence-electron chi connectivity index (χ0n) is 9.77. The van der Waals surface area contributed by atoms with E-state index in [1.807, 2.05) is 6.92 Å². The van der Waals surface area contributed by atoms with E-state index in [1.54, 1.807) is 0 Å². The SMILES string of the molecule is CCNCC(COC)OCCCC(F)(F)F. The predicted molar refractivity (Wildman–Crippen MR) is 55.4 cm³/mol. The van der Waals surface area contributed by atoms with Gasteiger partial charge in [0.1, 0.15) is 0 Å². The van der Waals surface area contributed by atoms with Crippen molar-refractivity contribution in [1.29, 1.82) is 0 Å². The number of hydrogen-bond donors (Lipinski definition) is 1. The van der Waals surface area contributed by atoms with Gasteiger partial charge in [0.2, 0.25) is 0 Å². The minimum absolute atomic E-state index is 0.00413. The molecule has 1 unspecified atom stereocenters. The molecule has 0 bridgehead atoms. The Labute approximate surface area is 94.3 Å². The Morgan fingerprint density at radius 2 is 2.00 bits per heavy atom. The molecule has 0 aromatic rings. The van der Waals surface area contributed by atoms with Gasteiger partial charge in [0.05, 0.1) is 12.7 Å². The molecule has 0 aromatic carbocycles. The van der Waals surface area contributed by atoms with Crippen LogP contribution in [0.25, 0.3) is 0 Å². The lowest BCUT2D eigenvalue weighted by Crippen LogP contribution is -2.33. The highest BCUT2D eigenvalue weighted by atomic mass is 19.4. The molecule has 0 fully saturated rings. The van der Waals surface area contributed by atoms with Gasteiger partial charge in [0.25, 0.3) is 0 Å². The Morgan fingerprint density at radius 3 is 2.50 bits per heavy atom. The number of alkyl halides is 3. The van der Waals surface area contributed by atoms with Gasteiger partial charge in [-0.25, -0.2) is 0 Å². The van der Waals surface area contributed by atoms with E-state index in [9.17, 15) is 13.2 Å². The van der Waals surface area contributed by atoms with Gasteiger partial charge < -0.3 is 14.8 Å². The van der Waals surface area contributed by atoms with Crippen LogP contribution in [0.3, 0.4) is 0 Å². The molecule has 0 rings (SSSR count). The van der Waals surface area contributed by atoms with Gasteiger partial charge >= 0.3 is 6.18 Å². The molecular weight excluding hydrogens is 223 g/mol. The Hall–Kier alpha value is -0.330. The summed E-state index contributed by atoms with van der Waals surface area (Å²) in [6.45, 7) is 3.84. The number of likely N-dealkylation sites (N-methyl/N-ethyl adjacent to an activating group) is 1. The molecule has 0 amide bonds. The van der Waals surface area contributed by atoms with Crippen molar-refractivity contribution in [3.05, 3.63) is 0 Å². The molecule has 3 nitrogen and oxygen atoms in total. The third-order valence-electron chi connectivity index (χ3n) is 1.93. The Bertz CT molecular complexity index is 165. The molecule has 0 radical (unpaired) electrons. The molecule has 0 aromatic heterocycles. The van der Waals surface area contributed by atoms with Gasteiger partial charge in [-0.1, -0.05) is 6.92 Å². The first kappa shape index (κ1) is 15.7. The minimum Gasteiger partial charge on any atom is -0.382 e. The second kappa shape index (κ2) is 8.78. The smallest absolute Gasteiger partial charge is 0.382 e. The van der Waals surface area contributed by atoms with E-state index in [2.05, 4.69) is 5.32 Å². The minimum atomic E-state index is -4.10. The average molecular weight is 243 g/mol. The van der Waals surface area contributed by atoms with E-state index in [1.165, 1.54) is 7.11 Å². The summed E-state index contributed by atoms with van der Waals surface area (Å²) in [4.78, 5) is 0. The largest absolute Gasteiger partial charge is 0.389 e. The lowest BCUT2D eigenvalue weighted by atomic mass is 10.3. The maximum atomic E-state index is 11.8. The number of methoxy groups -OCH3 is 1. The molecular formula is C10H20F3NO2. The van der Waals surface area contributed by atoms with Gasteiger partial charge in [-0.3, -0.25) is 0 Å². The second-order valence-electron chi connectivity index (χ2n) is 3.47. The monoisotopic (exact) mass is 243 g/mol. The highest BCUT2D eigenvalue weighted by Crippen LogP contribution is 2.21. The van der Waals surface area contributed by atoms with Crippen LogP contribution in [-0.4, -0.2) is 45.7 Å². The Kier molecular flexibility index (Phi) is 8.60. The van der Waals surface area contributed by atoms with Crippen LogP contribution < -0.4 is 5.32 Å². The van der Waals surface area contributed by atoms with Gasteiger partial charge in [-0.05, 0) is 13.0 Å². The first-order chi connectivity index (χ1) is 7.49. The van der Waals surface area contributed by atoms with E-state index < -0.39 is 12.6 Å². The maximum Gasteiger partial charge on any atom is 0.389 e. The standard InChI is InChI=1S/C10H20F3NO2/c1-3-14-7-9(8-15-2)16-6-4-5-10(11,12)13/h9,14H,3-8H2,1-2H3. The molecule has 0 aliphatic rings. The molecule has 0 saturated heterocycles. The van der Waals surface area contributed by atoms with Crippen LogP contribution in [0, 0.1) is 0 Å². The first-order valence-corrected chi connectivity index (χ1v) is 5.37.